The zero-order valence-corrected chi connectivity index (χ0v) is 10.0. The third kappa shape index (κ3) is 2.24. The normalized spacial score (nSPS) is 29.6. The molecule has 10 heteroatoms. The standard InChI is InChI=1S/C10H12FN3O6/c11-6-7(17)4(2-15)20-9(6)14-3(8(12)18)1-5(16)13-10(14)19/h1,4,6-7,9,15,17H,2H2,(H2,12,18)(H,13,16,19)/t4-,6-,7-,9-/m1/s1. The molecule has 0 aliphatic carbocycles. The van der Waals surface area contributed by atoms with E-state index in [-0.39, 0.29) is 0 Å². The molecule has 5 N–H and O–H groups in total. The number of ether oxygens (including phenoxy) is 1. The summed E-state index contributed by atoms with van der Waals surface area (Å²) in [6.45, 7) is -0.678. The first-order valence-corrected chi connectivity index (χ1v) is 5.61. The summed E-state index contributed by atoms with van der Waals surface area (Å²) in [5, 5.41) is 18.4. The molecule has 0 aromatic carbocycles. The van der Waals surface area contributed by atoms with Crippen LogP contribution in [0.2, 0.25) is 0 Å². The highest BCUT2D eigenvalue weighted by atomic mass is 19.1. The van der Waals surface area contributed by atoms with Crippen LogP contribution in [-0.4, -0.2) is 50.7 Å². The Morgan fingerprint density at radius 3 is 2.70 bits per heavy atom. The fourth-order valence-corrected chi connectivity index (χ4v) is 2.01. The van der Waals surface area contributed by atoms with Crippen LogP contribution in [0.1, 0.15) is 16.7 Å². The summed E-state index contributed by atoms with van der Waals surface area (Å²) in [6, 6.07) is 0.721. The number of rotatable bonds is 3. The second kappa shape index (κ2) is 5.15. The van der Waals surface area contributed by atoms with Crippen molar-refractivity contribution in [2.24, 2.45) is 5.73 Å². The van der Waals surface area contributed by atoms with Crippen molar-refractivity contribution in [3.8, 4) is 0 Å². The molecule has 0 unspecified atom stereocenters. The first-order chi connectivity index (χ1) is 9.36. The summed E-state index contributed by atoms with van der Waals surface area (Å²) in [5.74, 6) is -1.13. The number of nitrogens with zero attached hydrogens (tertiary/aromatic N) is 1. The zero-order chi connectivity index (χ0) is 15.0. The zero-order valence-electron chi connectivity index (χ0n) is 10.0. The number of H-pyrrole nitrogens is 1. The van der Waals surface area contributed by atoms with Gasteiger partial charge in [-0.1, -0.05) is 0 Å². The molecular formula is C10H12FN3O6. The maximum atomic E-state index is 13.9. The van der Waals surface area contributed by atoms with Crippen LogP contribution in [0, 0.1) is 0 Å². The van der Waals surface area contributed by atoms with E-state index in [0.29, 0.717) is 4.57 Å². The second-order valence-corrected chi connectivity index (χ2v) is 4.24. The van der Waals surface area contributed by atoms with E-state index in [9.17, 15) is 23.9 Å². The molecule has 1 amide bonds. The second-order valence-electron chi connectivity index (χ2n) is 4.24. The number of halogens is 1. The molecule has 1 aliphatic rings. The quantitative estimate of drug-likeness (QED) is 0.473. The number of hydrogen-bond donors (Lipinski definition) is 4. The lowest BCUT2D eigenvalue weighted by Crippen LogP contribution is -2.40. The number of amides is 1. The SMILES string of the molecule is NC(=O)c1cc(=O)[nH]c(=O)n1[C@@H]1O[C@H](CO)[C@@H](O)[C@H]1F. The Labute approximate surface area is 110 Å². The third-order valence-corrected chi connectivity index (χ3v) is 2.96. The lowest BCUT2D eigenvalue weighted by atomic mass is 10.1. The maximum absolute atomic E-state index is 13.9. The number of carbonyl (C=O) groups excluding carboxylic acids is 1. The van der Waals surface area contributed by atoms with E-state index < -0.39 is 54.1 Å². The lowest BCUT2D eigenvalue weighted by Gasteiger charge is -2.18. The first-order valence-electron chi connectivity index (χ1n) is 5.61. The lowest BCUT2D eigenvalue weighted by molar-refractivity contribution is -0.0497. The van der Waals surface area contributed by atoms with Crippen LogP contribution in [0.3, 0.4) is 0 Å². The van der Waals surface area contributed by atoms with E-state index in [1.807, 2.05) is 4.98 Å². The van der Waals surface area contributed by atoms with Crippen LogP contribution in [0.15, 0.2) is 15.7 Å². The maximum Gasteiger partial charge on any atom is 0.331 e. The van der Waals surface area contributed by atoms with E-state index in [0.717, 1.165) is 6.07 Å². The van der Waals surface area contributed by atoms with Crippen LogP contribution in [0.5, 0.6) is 0 Å². The van der Waals surface area contributed by atoms with E-state index in [1.165, 1.54) is 0 Å². The van der Waals surface area contributed by atoms with Gasteiger partial charge in [-0.25, -0.2) is 9.18 Å². The minimum Gasteiger partial charge on any atom is -0.394 e. The molecular weight excluding hydrogens is 277 g/mol. The van der Waals surface area contributed by atoms with Crippen molar-refractivity contribution in [1.82, 2.24) is 9.55 Å². The van der Waals surface area contributed by atoms with Gasteiger partial charge in [0.1, 0.15) is 17.9 Å². The van der Waals surface area contributed by atoms with Crippen LogP contribution < -0.4 is 17.0 Å². The largest absolute Gasteiger partial charge is 0.394 e. The number of nitrogens with two attached hydrogens (primary N) is 1. The molecule has 1 aromatic rings. The van der Waals surface area contributed by atoms with Gasteiger partial charge in [0.05, 0.1) is 6.61 Å². The topological polar surface area (TPSA) is 148 Å². The molecule has 1 saturated heterocycles. The molecule has 1 aromatic heterocycles. The third-order valence-electron chi connectivity index (χ3n) is 2.96. The van der Waals surface area contributed by atoms with Crippen LogP contribution >= 0.6 is 0 Å². The molecule has 0 radical (unpaired) electrons. The van der Waals surface area contributed by atoms with Crippen LogP contribution in [0.25, 0.3) is 0 Å². The summed E-state index contributed by atoms with van der Waals surface area (Å²) >= 11 is 0. The first kappa shape index (κ1) is 14.4. The molecule has 0 saturated carbocycles. The van der Waals surface area contributed by atoms with Gasteiger partial charge < -0.3 is 20.7 Å². The number of alkyl halides is 1. The van der Waals surface area contributed by atoms with Gasteiger partial charge in [0.25, 0.3) is 11.5 Å². The number of aromatic nitrogens is 2. The molecule has 2 heterocycles. The summed E-state index contributed by atoms with van der Waals surface area (Å²) in [5.41, 5.74) is 2.48. The van der Waals surface area contributed by atoms with Crippen molar-refractivity contribution in [3.05, 3.63) is 32.6 Å². The number of hydrogen-bond acceptors (Lipinski definition) is 6. The van der Waals surface area contributed by atoms with Crippen LogP contribution in [-0.2, 0) is 4.74 Å². The molecule has 2 rings (SSSR count). The number of aliphatic hydroxyl groups excluding tert-OH is 2. The molecule has 0 bridgehead atoms. The minimum atomic E-state index is -2.08. The van der Waals surface area contributed by atoms with Gasteiger partial charge in [-0.15, -0.1) is 0 Å². The molecule has 4 atom stereocenters. The van der Waals surface area contributed by atoms with Crippen molar-refractivity contribution < 1.29 is 24.1 Å². The molecule has 110 valence electrons. The van der Waals surface area contributed by atoms with E-state index in [2.05, 4.69) is 0 Å². The van der Waals surface area contributed by atoms with Gasteiger partial charge >= 0.3 is 5.69 Å². The monoisotopic (exact) mass is 289 g/mol. The summed E-state index contributed by atoms with van der Waals surface area (Å²) < 4.78 is 19.4. The summed E-state index contributed by atoms with van der Waals surface area (Å²) in [4.78, 5) is 35.9. The number of carbonyl (C=O) groups is 1. The number of nitrogens with one attached hydrogen (secondary N) is 1. The van der Waals surface area contributed by atoms with E-state index in [1.54, 1.807) is 0 Å². The van der Waals surface area contributed by atoms with Gasteiger partial charge in [0.2, 0.25) is 0 Å². The van der Waals surface area contributed by atoms with Crippen molar-refractivity contribution >= 4 is 5.91 Å². The smallest absolute Gasteiger partial charge is 0.331 e. The minimum absolute atomic E-state index is 0.507. The van der Waals surface area contributed by atoms with Crippen molar-refractivity contribution in [3.63, 3.8) is 0 Å². The Bertz CT molecular complexity index is 641. The number of primary amides is 1. The molecule has 1 fully saturated rings. The highest BCUT2D eigenvalue weighted by Crippen LogP contribution is 2.31. The van der Waals surface area contributed by atoms with Crippen LogP contribution in [0.4, 0.5) is 4.39 Å². The van der Waals surface area contributed by atoms with Crippen molar-refractivity contribution in [2.45, 2.75) is 24.6 Å². The number of aromatic amines is 1. The Morgan fingerprint density at radius 1 is 1.55 bits per heavy atom. The average Bonchev–Trinajstić information content (AvgIpc) is 2.65. The van der Waals surface area contributed by atoms with Gasteiger partial charge in [0.15, 0.2) is 12.4 Å². The van der Waals surface area contributed by atoms with Gasteiger partial charge in [-0.2, -0.15) is 0 Å². The Balaban J connectivity index is 2.56. The van der Waals surface area contributed by atoms with Crippen molar-refractivity contribution in [1.29, 1.82) is 0 Å². The molecule has 9 nitrogen and oxygen atoms in total. The van der Waals surface area contributed by atoms with Crippen molar-refractivity contribution in [2.75, 3.05) is 6.61 Å². The Morgan fingerprint density at radius 2 is 2.20 bits per heavy atom. The van der Waals surface area contributed by atoms with Gasteiger partial charge in [-0.05, 0) is 0 Å². The van der Waals surface area contributed by atoms with Gasteiger partial charge in [-0.3, -0.25) is 19.1 Å². The number of aliphatic hydroxyl groups is 2. The van der Waals surface area contributed by atoms with E-state index in [4.69, 9.17) is 15.6 Å². The highest BCUT2D eigenvalue weighted by molar-refractivity contribution is 5.90. The Hall–Kier alpha value is -2.04. The predicted molar refractivity (Wildman–Crippen MR) is 61.7 cm³/mol. The fraction of sp³-hybridized carbons (Fsp3) is 0.500. The average molecular weight is 289 g/mol. The molecule has 0 spiro atoms. The predicted octanol–water partition coefficient (Wildman–Crippen LogP) is -2.78. The highest BCUT2D eigenvalue weighted by Gasteiger charge is 2.46. The summed E-state index contributed by atoms with van der Waals surface area (Å²) in [7, 11) is 0. The summed E-state index contributed by atoms with van der Waals surface area (Å²) in [6.07, 6.45) is -6.68. The Kier molecular flexibility index (Phi) is 3.70. The molecule has 1 aliphatic heterocycles. The fourth-order valence-electron chi connectivity index (χ4n) is 2.01. The molecule has 20 heavy (non-hydrogen) atoms. The van der Waals surface area contributed by atoms with Gasteiger partial charge in [0, 0.05) is 6.07 Å². The van der Waals surface area contributed by atoms with E-state index >= 15 is 0 Å².